The quantitative estimate of drug-likeness (QED) is 0.337. The highest BCUT2D eigenvalue weighted by Crippen LogP contribution is 2.42. The Labute approximate surface area is 191 Å². The number of fused-ring (bicyclic) bond motifs is 1. The fourth-order valence-corrected chi connectivity index (χ4v) is 4.75. The molecule has 1 aromatic heterocycles. The number of aliphatic hydroxyl groups is 1. The number of H-pyrrole nitrogens is 1. The van der Waals surface area contributed by atoms with Crippen molar-refractivity contribution in [3.8, 4) is 5.75 Å². The number of nitrogens with one attached hydrogen (secondary N) is 1. The van der Waals surface area contributed by atoms with E-state index in [9.17, 15) is 14.7 Å². The summed E-state index contributed by atoms with van der Waals surface area (Å²) in [6.45, 7) is 3.37. The average molecular weight is 447 g/mol. The number of Topliss-reactive ketones (excluding diaryl/α,β-unsaturated/α-hetero) is 1. The first-order valence-corrected chi connectivity index (χ1v) is 11.3. The van der Waals surface area contributed by atoms with Crippen LogP contribution in [0.4, 0.5) is 0 Å². The summed E-state index contributed by atoms with van der Waals surface area (Å²) in [6.07, 6.45) is 3.46. The molecule has 2 atom stereocenters. The standard InChI is InChI=1S/C26H26N2O5/c1-2-32-17-11-9-16(10-12-17)24(29)22-23(20-14-27-21-8-4-3-7-19(20)21)28(26(31)25(22)30)15-18-6-5-13-33-18/h3-4,7-12,14,18,23,27,29H,2,5-6,13,15H2,1H3/b24-22+. The number of ketones is 1. The van der Waals surface area contributed by atoms with Crippen LogP contribution in [0.15, 0.2) is 60.3 Å². The van der Waals surface area contributed by atoms with E-state index in [2.05, 4.69) is 4.98 Å². The number of hydrogen-bond donors (Lipinski definition) is 2. The van der Waals surface area contributed by atoms with E-state index in [4.69, 9.17) is 9.47 Å². The maximum Gasteiger partial charge on any atom is 0.295 e. The second kappa shape index (κ2) is 8.75. The van der Waals surface area contributed by atoms with Gasteiger partial charge in [-0.25, -0.2) is 0 Å². The van der Waals surface area contributed by atoms with Gasteiger partial charge in [0.2, 0.25) is 0 Å². The van der Waals surface area contributed by atoms with Crippen LogP contribution < -0.4 is 4.74 Å². The van der Waals surface area contributed by atoms with Crippen molar-refractivity contribution >= 4 is 28.4 Å². The van der Waals surface area contributed by atoms with Gasteiger partial charge in [-0.15, -0.1) is 0 Å². The molecule has 7 nitrogen and oxygen atoms in total. The molecule has 2 unspecified atom stereocenters. The average Bonchev–Trinajstić information content (AvgIpc) is 3.55. The second-order valence-electron chi connectivity index (χ2n) is 8.33. The molecule has 7 heteroatoms. The summed E-state index contributed by atoms with van der Waals surface area (Å²) in [6, 6.07) is 13.9. The predicted octanol–water partition coefficient (Wildman–Crippen LogP) is 4.17. The Kier molecular flexibility index (Phi) is 5.64. The molecule has 1 amide bonds. The summed E-state index contributed by atoms with van der Waals surface area (Å²) in [5, 5.41) is 12.1. The zero-order valence-corrected chi connectivity index (χ0v) is 18.4. The molecule has 170 valence electrons. The smallest absolute Gasteiger partial charge is 0.295 e. The molecular weight excluding hydrogens is 420 g/mol. The largest absolute Gasteiger partial charge is 0.507 e. The number of carbonyl (C=O) groups is 2. The van der Waals surface area contributed by atoms with Crippen LogP contribution in [0.1, 0.15) is 36.9 Å². The van der Waals surface area contributed by atoms with E-state index in [0.29, 0.717) is 31.1 Å². The highest BCUT2D eigenvalue weighted by atomic mass is 16.5. The van der Waals surface area contributed by atoms with Gasteiger partial charge in [0.25, 0.3) is 11.7 Å². The van der Waals surface area contributed by atoms with E-state index in [0.717, 1.165) is 29.3 Å². The Hall–Kier alpha value is -3.58. The molecule has 0 saturated carbocycles. The van der Waals surface area contributed by atoms with E-state index in [1.807, 2.05) is 37.4 Å². The molecule has 33 heavy (non-hydrogen) atoms. The number of hydrogen-bond acceptors (Lipinski definition) is 5. The number of likely N-dealkylation sites (tertiary alicyclic amines) is 1. The van der Waals surface area contributed by atoms with Gasteiger partial charge in [-0.2, -0.15) is 0 Å². The number of rotatable bonds is 6. The molecule has 2 fully saturated rings. The van der Waals surface area contributed by atoms with E-state index in [-0.39, 0.29) is 17.4 Å². The molecule has 3 aromatic rings. The molecule has 2 saturated heterocycles. The highest BCUT2D eigenvalue weighted by molar-refractivity contribution is 6.46. The van der Waals surface area contributed by atoms with Crippen molar-refractivity contribution in [1.82, 2.24) is 9.88 Å². The molecule has 5 rings (SSSR count). The molecule has 0 aliphatic carbocycles. The molecule has 2 N–H and O–H groups in total. The van der Waals surface area contributed by atoms with Crippen LogP contribution in [0, 0.1) is 0 Å². The van der Waals surface area contributed by atoms with Crippen molar-refractivity contribution in [2.45, 2.75) is 31.9 Å². The molecule has 3 heterocycles. The first-order valence-electron chi connectivity index (χ1n) is 11.3. The van der Waals surface area contributed by atoms with Crippen molar-refractivity contribution in [2.75, 3.05) is 19.8 Å². The normalized spacial score (nSPS) is 22.4. The van der Waals surface area contributed by atoms with Crippen molar-refractivity contribution < 1.29 is 24.2 Å². The van der Waals surface area contributed by atoms with Crippen LogP contribution in [0.2, 0.25) is 0 Å². The topological polar surface area (TPSA) is 91.9 Å². The summed E-state index contributed by atoms with van der Waals surface area (Å²) in [5.41, 5.74) is 2.22. The van der Waals surface area contributed by atoms with Crippen molar-refractivity contribution in [3.63, 3.8) is 0 Å². The van der Waals surface area contributed by atoms with Crippen LogP contribution >= 0.6 is 0 Å². The van der Waals surface area contributed by atoms with Crippen molar-refractivity contribution in [2.24, 2.45) is 0 Å². The predicted molar refractivity (Wildman–Crippen MR) is 124 cm³/mol. The van der Waals surface area contributed by atoms with Crippen molar-refractivity contribution in [1.29, 1.82) is 0 Å². The second-order valence-corrected chi connectivity index (χ2v) is 8.33. The number of nitrogens with zero attached hydrogens (tertiary/aromatic N) is 1. The zero-order valence-electron chi connectivity index (χ0n) is 18.4. The minimum atomic E-state index is -0.711. The fraction of sp³-hybridized carbons (Fsp3) is 0.308. The zero-order chi connectivity index (χ0) is 22.9. The molecule has 0 radical (unpaired) electrons. The monoisotopic (exact) mass is 446 g/mol. The van der Waals surface area contributed by atoms with E-state index in [1.54, 1.807) is 29.2 Å². The minimum Gasteiger partial charge on any atom is -0.507 e. The summed E-state index contributed by atoms with van der Waals surface area (Å²) >= 11 is 0. The number of amides is 1. The molecule has 2 aromatic carbocycles. The summed E-state index contributed by atoms with van der Waals surface area (Å²) in [7, 11) is 0. The number of carbonyl (C=O) groups excluding carboxylic acids is 2. The number of ether oxygens (including phenoxy) is 2. The Bertz CT molecular complexity index is 1220. The van der Waals surface area contributed by atoms with E-state index < -0.39 is 17.7 Å². The van der Waals surface area contributed by atoms with Crippen molar-refractivity contribution in [3.05, 3.63) is 71.4 Å². The van der Waals surface area contributed by atoms with Gasteiger partial charge in [-0.3, -0.25) is 9.59 Å². The van der Waals surface area contributed by atoms with Gasteiger partial charge in [-0.1, -0.05) is 18.2 Å². The Morgan fingerprint density at radius 1 is 1.18 bits per heavy atom. The summed E-state index contributed by atoms with van der Waals surface area (Å²) < 4.78 is 11.2. The van der Waals surface area contributed by atoms with Crippen LogP contribution in [0.3, 0.4) is 0 Å². The maximum absolute atomic E-state index is 13.2. The van der Waals surface area contributed by atoms with Crippen LogP contribution in [0.5, 0.6) is 5.75 Å². The van der Waals surface area contributed by atoms with Crippen LogP contribution in [-0.4, -0.2) is 52.5 Å². The number of benzene rings is 2. The third kappa shape index (κ3) is 3.78. The number of aliphatic hydroxyl groups excluding tert-OH is 1. The third-order valence-electron chi connectivity index (χ3n) is 6.32. The van der Waals surface area contributed by atoms with Crippen LogP contribution in [0.25, 0.3) is 16.7 Å². The van der Waals surface area contributed by atoms with E-state index in [1.165, 1.54) is 0 Å². The Morgan fingerprint density at radius 2 is 1.97 bits per heavy atom. The SMILES string of the molecule is CCOc1ccc(/C(O)=C2\C(=O)C(=O)N(CC3CCCO3)C2c2c[nH]c3ccccc23)cc1. The lowest BCUT2D eigenvalue weighted by molar-refractivity contribution is -0.140. The molecule has 2 aliphatic rings. The molecule has 0 bridgehead atoms. The van der Waals surface area contributed by atoms with Gasteiger partial charge >= 0.3 is 0 Å². The first kappa shape index (κ1) is 21.3. The lowest BCUT2D eigenvalue weighted by atomic mass is 9.94. The highest BCUT2D eigenvalue weighted by Gasteiger charge is 2.47. The Balaban J connectivity index is 1.63. The third-order valence-corrected chi connectivity index (χ3v) is 6.32. The summed E-state index contributed by atoms with van der Waals surface area (Å²) in [4.78, 5) is 31.2. The van der Waals surface area contributed by atoms with Gasteiger partial charge < -0.3 is 24.5 Å². The number of para-hydroxylation sites is 1. The van der Waals surface area contributed by atoms with Gasteiger partial charge in [0.05, 0.1) is 24.3 Å². The minimum absolute atomic E-state index is 0.0897. The lowest BCUT2D eigenvalue weighted by Crippen LogP contribution is -2.36. The van der Waals surface area contributed by atoms with Crippen LogP contribution in [-0.2, 0) is 14.3 Å². The van der Waals surface area contributed by atoms with E-state index >= 15 is 0 Å². The molecular formula is C26H26N2O5. The maximum atomic E-state index is 13.2. The van der Waals surface area contributed by atoms with Gasteiger partial charge in [0.1, 0.15) is 11.5 Å². The van der Waals surface area contributed by atoms with Gasteiger partial charge in [-0.05, 0) is 50.1 Å². The van der Waals surface area contributed by atoms with Gasteiger partial charge in [0, 0.05) is 41.4 Å². The number of aromatic amines is 1. The first-order chi connectivity index (χ1) is 16.1. The Morgan fingerprint density at radius 3 is 2.70 bits per heavy atom. The fourth-order valence-electron chi connectivity index (χ4n) is 4.75. The lowest BCUT2D eigenvalue weighted by Gasteiger charge is -2.27. The molecule has 2 aliphatic heterocycles. The number of aromatic nitrogens is 1. The van der Waals surface area contributed by atoms with Gasteiger partial charge in [0.15, 0.2) is 0 Å². The molecule has 0 spiro atoms. The summed E-state index contributed by atoms with van der Waals surface area (Å²) in [5.74, 6) is -0.828.